The molecule has 4 atom stereocenters. The van der Waals surface area contributed by atoms with Crippen molar-refractivity contribution in [2.45, 2.75) is 123 Å². The number of anilines is 1. The van der Waals surface area contributed by atoms with Crippen molar-refractivity contribution in [3.05, 3.63) is 99.9 Å². The Morgan fingerprint density at radius 3 is 1.83 bits per heavy atom. The number of halogens is 5. The molecule has 0 bridgehead atoms. The number of rotatable bonds is 21. The van der Waals surface area contributed by atoms with Gasteiger partial charge in [0.15, 0.2) is 29.6 Å². The van der Waals surface area contributed by atoms with Gasteiger partial charge in [-0.25, -0.2) is 22.0 Å². The predicted molar refractivity (Wildman–Crippen MR) is 197 cm³/mol. The molecule has 11 heteroatoms. The van der Waals surface area contributed by atoms with Crippen molar-refractivity contribution in [1.29, 1.82) is 0 Å². The van der Waals surface area contributed by atoms with Crippen molar-refractivity contribution < 1.29 is 41.3 Å². The molecule has 6 nitrogen and oxygen atoms in total. The number of amides is 1. The van der Waals surface area contributed by atoms with Gasteiger partial charge in [0, 0.05) is 23.7 Å². The van der Waals surface area contributed by atoms with Gasteiger partial charge in [0.05, 0.1) is 18.8 Å². The smallest absolute Gasteiger partial charge is 0.261 e. The van der Waals surface area contributed by atoms with Crippen molar-refractivity contribution in [2.75, 3.05) is 25.0 Å². The lowest BCUT2D eigenvalue weighted by molar-refractivity contribution is -0.276. The summed E-state index contributed by atoms with van der Waals surface area (Å²) in [6.07, 6.45) is 12.8. The zero-order valence-corrected chi connectivity index (χ0v) is 31.3. The van der Waals surface area contributed by atoms with Gasteiger partial charge in [-0.15, -0.1) is 0 Å². The maximum absolute atomic E-state index is 14.4. The summed E-state index contributed by atoms with van der Waals surface area (Å²) in [4.78, 5) is 15.3. The van der Waals surface area contributed by atoms with Crippen LogP contribution in [0.15, 0.2) is 48.5 Å². The first-order valence-corrected chi connectivity index (χ1v) is 19.2. The summed E-state index contributed by atoms with van der Waals surface area (Å²) in [6, 6.07) is 13.8. The Kier molecular flexibility index (Phi) is 17.2. The van der Waals surface area contributed by atoms with Gasteiger partial charge in [-0.05, 0) is 49.2 Å². The number of aliphatic hydroxyl groups is 1. The van der Waals surface area contributed by atoms with Crippen LogP contribution in [0.1, 0.15) is 137 Å². The van der Waals surface area contributed by atoms with Crippen LogP contribution >= 0.6 is 0 Å². The van der Waals surface area contributed by atoms with Crippen LogP contribution in [0.25, 0.3) is 0 Å². The summed E-state index contributed by atoms with van der Waals surface area (Å²) >= 11 is 0. The standard InChI is InChI=1S/C42H55F5N2O4/c1-4-6-8-10-12-14-23-49(24-15-13-11-9-7-5-2)26-33-28(3)40(30-21-19-29(27-50)20-22-30)53-42(52-33)31-17-16-18-32(25-31)48-41(51)34-35(43)37(45)39(47)38(46)36(34)44/h16-22,25,28,33,40,42,50H,4-15,23-24,26-27H2,1-3H3,(H,48,51)/t28-,33+,40+,42+/m0/s1. The molecule has 0 aromatic heterocycles. The molecule has 4 rings (SSSR count). The van der Waals surface area contributed by atoms with Crippen molar-refractivity contribution in [3.8, 4) is 0 Å². The van der Waals surface area contributed by atoms with E-state index in [0.29, 0.717) is 12.1 Å². The first-order chi connectivity index (χ1) is 25.6. The Morgan fingerprint density at radius 1 is 0.717 bits per heavy atom. The van der Waals surface area contributed by atoms with Crippen molar-refractivity contribution in [3.63, 3.8) is 0 Å². The fourth-order valence-electron chi connectivity index (χ4n) is 6.87. The van der Waals surface area contributed by atoms with Gasteiger partial charge in [-0.2, -0.15) is 0 Å². The van der Waals surface area contributed by atoms with Gasteiger partial charge in [0.1, 0.15) is 5.56 Å². The van der Waals surface area contributed by atoms with Gasteiger partial charge >= 0.3 is 0 Å². The van der Waals surface area contributed by atoms with Crippen LogP contribution in [-0.2, 0) is 16.1 Å². The predicted octanol–water partition coefficient (Wildman–Crippen LogP) is 10.9. The van der Waals surface area contributed by atoms with E-state index in [2.05, 4.69) is 31.0 Å². The van der Waals surface area contributed by atoms with Crippen LogP contribution in [0, 0.1) is 35.0 Å². The molecule has 1 saturated heterocycles. The minimum absolute atomic E-state index is 0.0513. The lowest BCUT2D eigenvalue weighted by Gasteiger charge is -2.43. The van der Waals surface area contributed by atoms with Crippen LogP contribution in [0.3, 0.4) is 0 Å². The van der Waals surface area contributed by atoms with E-state index in [1.807, 2.05) is 24.3 Å². The molecule has 3 aromatic rings. The molecule has 1 heterocycles. The lowest BCUT2D eigenvalue weighted by atomic mass is 9.90. The number of hydrogen-bond donors (Lipinski definition) is 2. The fourth-order valence-corrected chi connectivity index (χ4v) is 6.87. The Labute approximate surface area is 311 Å². The molecule has 0 unspecified atom stereocenters. The minimum Gasteiger partial charge on any atom is -0.392 e. The van der Waals surface area contributed by atoms with Crippen LogP contribution < -0.4 is 5.32 Å². The van der Waals surface area contributed by atoms with E-state index in [4.69, 9.17) is 9.47 Å². The average molecular weight is 747 g/mol. The number of nitrogens with zero attached hydrogens (tertiary/aromatic N) is 1. The number of unbranched alkanes of at least 4 members (excludes halogenated alkanes) is 10. The molecule has 0 radical (unpaired) electrons. The number of aliphatic hydroxyl groups excluding tert-OH is 1. The minimum atomic E-state index is -2.34. The van der Waals surface area contributed by atoms with Crippen molar-refractivity contribution in [1.82, 2.24) is 4.90 Å². The van der Waals surface area contributed by atoms with Crippen LogP contribution in [0.2, 0.25) is 0 Å². The molecule has 0 aliphatic carbocycles. The highest BCUT2D eigenvalue weighted by Gasteiger charge is 2.39. The summed E-state index contributed by atoms with van der Waals surface area (Å²) < 4.78 is 83.4. The van der Waals surface area contributed by atoms with E-state index >= 15 is 0 Å². The molecular weight excluding hydrogens is 691 g/mol. The Balaban J connectivity index is 1.57. The number of nitrogens with one attached hydrogen (secondary N) is 1. The molecule has 0 saturated carbocycles. The monoisotopic (exact) mass is 746 g/mol. The van der Waals surface area contributed by atoms with E-state index in [0.717, 1.165) is 37.1 Å². The maximum Gasteiger partial charge on any atom is 0.261 e. The van der Waals surface area contributed by atoms with E-state index in [1.54, 1.807) is 12.1 Å². The van der Waals surface area contributed by atoms with E-state index in [1.165, 1.54) is 76.3 Å². The third-order valence-corrected chi connectivity index (χ3v) is 10.1. The molecule has 1 fully saturated rings. The molecule has 2 N–H and O–H groups in total. The second kappa shape index (κ2) is 21.5. The highest BCUT2D eigenvalue weighted by Crippen LogP contribution is 2.42. The SMILES string of the molecule is CCCCCCCCN(CCCCCCCC)C[C@H]1O[C@@H](c2cccc(NC(=O)c3c(F)c(F)c(F)c(F)c3F)c2)O[C@@H](c2ccc(CO)cc2)[C@H]1C. The topological polar surface area (TPSA) is 71.0 Å². The molecule has 0 spiro atoms. The Bertz CT molecular complexity index is 1550. The summed E-state index contributed by atoms with van der Waals surface area (Å²) in [5.41, 5.74) is 0.640. The van der Waals surface area contributed by atoms with Crippen LogP contribution in [0.4, 0.5) is 27.6 Å². The second-order valence-corrected chi connectivity index (χ2v) is 14.2. The molecule has 53 heavy (non-hydrogen) atoms. The Morgan fingerprint density at radius 2 is 1.26 bits per heavy atom. The summed E-state index contributed by atoms with van der Waals surface area (Å²) in [5.74, 6) is -12.7. The number of carbonyl (C=O) groups is 1. The summed E-state index contributed by atoms with van der Waals surface area (Å²) in [5, 5.41) is 11.9. The third kappa shape index (κ3) is 11.8. The molecule has 292 valence electrons. The average Bonchev–Trinajstić information content (AvgIpc) is 3.16. The highest BCUT2D eigenvalue weighted by molar-refractivity contribution is 6.04. The zero-order valence-electron chi connectivity index (χ0n) is 31.3. The second-order valence-electron chi connectivity index (χ2n) is 14.2. The van der Waals surface area contributed by atoms with E-state index < -0.39 is 53.0 Å². The Hall–Kier alpha value is -3.38. The van der Waals surface area contributed by atoms with Crippen molar-refractivity contribution >= 4 is 11.6 Å². The first-order valence-electron chi connectivity index (χ1n) is 19.2. The summed E-state index contributed by atoms with van der Waals surface area (Å²) in [6.45, 7) is 9.01. The quantitative estimate of drug-likeness (QED) is 0.0492. The first kappa shape index (κ1) is 42.4. The van der Waals surface area contributed by atoms with Gasteiger partial charge in [0.2, 0.25) is 5.82 Å². The molecular formula is C42H55F5N2O4. The van der Waals surface area contributed by atoms with Gasteiger partial charge in [-0.1, -0.05) is 121 Å². The van der Waals surface area contributed by atoms with Crippen LogP contribution in [-0.4, -0.2) is 41.7 Å². The summed E-state index contributed by atoms with van der Waals surface area (Å²) in [7, 11) is 0. The van der Waals surface area contributed by atoms with Crippen molar-refractivity contribution in [2.24, 2.45) is 5.92 Å². The van der Waals surface area contributed by atoms with E-state index in [-0.39, 0.29) is 24.3 Å². The van der Waals surface area contributed by atoms with Gasteiger partial charge < -0.3 is 24.8 Å². The normalized spacial score (nSPS) is 18.8. The van der Waals surface area contributed by atoms with Crippen LogP contribution in [0.5, 0.6) is 0 Å². The maximum atomic E-state index is 14.4. The molecule has 3 aromatic carbocycles. The largest absolute Gasteiger partial charge is 0.392 e. The zero-order chi connectivity index (χ0) is 38.3. The number of ether oxygens (including phenoxy) is 2. The third-order valence-electron chi connectivity index (χ3n) is 10.1. The molecule has 1 amide bonds. The molecule has 1 aliphatic rings. The van der Waals surface area contributed by atoms with Gasteiger partial charge in [0.25, 0.3) is 5.91 Å². The number of benzene rings is 3. The number of hydrogen-bond acceptors (Lipinski definition) is 5. The fraction of sp³-hybridized carbons (Fsp3) is 0.548. The van der Waals surface area contributed by atoms with Gasteiger partial charge in [-0.3, -0.25) is 4.79 Å². The van der Waals surface area contributed by atoms with E-state index in [9.17, 15) is 31.9 Å². The number of carbonyl (C=O) groups excluding carboxylic acids is 1. The molecule has 1 aliphatic heterocycles. The lowest BCUT2D eigenvalue weighted by Crippen LogP contribution is -2.45. The highest BCUT2D eigenvalue weighted by atomic mass is 19.2.